The summed E-state index contributed by atoms with van der Waals surface area (Å²) in [5, 5.41) is 1.70. The molecule has 0 unspecified atom stereocenters. The van der Waals surface area contributed by atoms with Gasteiger partial charge in [0.25, 0.3) is 5.91 Å². The lowest BCUT2D eigenvalue weighted by atomic mass is 10.1. The van der Waals surface area contributed by atoms with Crippen LogP contribution in [0.25, 0.3) is 0 Å². The Labute approximate surface area is 128 Å². The monoisotopic (exact) mass is 330 g/mol. The molecule has 0 aliphatic heterocycles. The van der Waals surface area contributed by atoms with Crippen LogP contribution in [0.4, 0.5) is 33.3 Å². The lowest BCUT2D eigenvalue weighted by Gasteiger charge is -2.13. The van der Waals surface area contributed by atoms with Crippen molar-refractivity contribution in [2.45, 2.75) is 0 Å². The molecule has 0 atom stereocenters. The van der Waals surface area contributed by atoms with Gasteiger partial charge in [0.1, 0.15) is 5.69 Å². The summed E-state index contributed by atoms with van der Waals surface area (Å²) < 4.78 is 66.1. The van der Waals surface area contributed by atoms with Gasteiger partial charge in [-0.2, -0.15) is 0 Å². The molecule has 0 aliphatic carbocycles. The van der Waals surface area contributed by atoms with E-state index in [4.69, 9.17) is 0 Å². The lowest BCUT2D eigenvalue weighted by molar-refractivity contribution is 0.102. The van der Waals surface area contributed by atoms with E-state index in [1.54, 1.807) is 36.4 Å². The number of carbonyl (C=O) groups excluding carboxylic acids is 1. The van der Waals surface area contributed by atoms with Crippen LogP contribution in [0.5, 0.6) is 0 Å². The summed E-state index contributed by atoms with van der Waals surface area (Å²) in [6, 6.07) is 5.84. The van der Waals surface area contributed by atoms with Gasteiger partial charge in [0, 0.05) is 25.3 Å². The normalized spacial score (nSPS) is 10.6. The van der Waals surface area contributed by atoms with E-state index in [-0.39, 0.29) is 5.56 Å². The molecule has 0 heterocycles. The van der Waals surface area contributed by atoms with Crippen LogP contribution < -0.4 is 10.2 Å². The molecule has 0 spiro atoms. The molecular weight excluding hydrogens is 319 g/mol. The van der Waals surface area contributed by atoms with E-state index in [1.807, 2.05) is 0 Å². The number of halogens is 5. The van der Waals surface area contributed by atoms with E-state index in [0.29, 0.717) is 0 Å². The summed E-state index contributed by atoms with van der Waals surface area (Å²) in [4.78, 5) is 13.7. The average molecular weight is 330 g/mol. The number of hydrogen-bond acceptors (Lipinski definition) is 2. The van der Waals surface area contributed by atoms with Gasteiger partial charge in [-0.25, -0.2) is 22.0 Å². The maximum Gasteiger partial charge on any atom is 0.255 e. The number of benzene rings is 2. The first-order valence-electron chi connectivity index (χ1n) is 6.34. The Hall–Kier alpha value is -2.64. The van der Waals surface area contributed by atoms with Crippen molar-refractivity contribution in [2.24, 2.45) is 0 Å². The number of rotatable bonds is 3. The van der Waals surface area contributed by atoms with Crippen LogP contribution in [0, 0.1) is 29.1 Å². The van der Waals surface area contributed by atoms with Crippen molar-refractivity contribution in [3.8, 4) is 0 Å². The first-order chi connectivity index (χ1) is 10.7. The van der Waals surface area contributed by atoms with Gasteiger partial charge in [-0.1, -0.05) is 0 Å². The minimum absolute atomic E-state index is 0.000425. The molecule has 3 nitrogen and oxygen atoms in total. The summed E-state index contributed by atoms with van der Waals surface area (Å²) in [7, 11) is 3.54. The molecule has 23 heavy (non-hydrogen) atoms. The fourth-order valence-corrected chi connectivity index (χ4v) is 1.81. The van der Waals surface area contributed by atoms with Crippen LogP contribution >= 0.6 is 0 Å². The molecule has 0 aromatic heterocycles. The molecule has 2 rings (SSSR count). The zero-order chi connectivity index (χ0) is 17.3. The molecule has 1 amide bonds. The van der Waals surface area contributed by atoms with Gasteiger partial charge in [-0.05, 0) is 24.3 Å². The van der Waals surface area contributed by atoms with Crippen LogP contribution in [0.3, 0.4) is 0 Å². The second kappa shape index (κ2) is 6.23. The minimum Gasteiger partial charge on any atom is -0.378 e. The van der Waals surface area contributed by atoms with Crippen molar-refractivity contribution in [1.82, 2.24) is 0 Å². The first-order valence-corrected chi connectivity index (χ1v) is 6.34. The maximum atomic E-state index is 13.5. The van der Waals surface area contributed by atoms with Crippen molar-refractivity contribution >= 4 is 17.3 Å². The Morgan fingerprint density at radius 2 is 1.26 bits per heavy atom. The maximum absolute atomic E-state index is 13.5. The molecule has 8 heteroatoms. The number of nitrogens with zero attached hydrogens (tertiary/aromatic N) is 1. The highest BCUT2D eigenvalue weighted by Gasteiger charge is 2.27. The van der Waals surface area contributed by atoms with Crippen LogP contribution in [0.1, 0.15) is 10.4 Å². The summed E-state index contributed by atoms with van der Waals surface area (Å²) in [5.41, 5.74) is -0.625. The van der Waals surface area contributed by atoms with Crippen molar-refractivity contribution in [2.75, 3.05) is 24.3 Å². The van der Waals surface area contributed by atoms with Crippen LogP contribution in [-0.4, -0.2) is 20.0 Å². The van der Waals surface area contributed by atoms with Gasteiger partial charge in [-0.3, -0.25) is 4.79 Å². The summed E-state index contributed by atoms with van der Waals surface area (Å²) in [6.07, 6.45) is 0. The highest BCUT2D eigenvalue weighted by atomic mass is 19.2. The standard InChI is InChI=1S/C15H11F5N2O/c1-22(2)8-5-3-7(4-6-8)15(23)21-14-12(19)10(17)9(16)11(18)13(14)20/h3-6H,1-2H3,(H,21,23). The molecule has 0 aliphatic rings. The smallest absolute Gasteiger partial charge is 0.255 e. The third-order valence-corrected chi connectivity index (χ3v) is 3.09. The van der Waals surface area contributed by atoms with E-state index in [9.17, 15) is 26.7 Å². The summed E-state index contributed by atoms with van der Waals surface area (Å²) in [6.45, 7) is 0. The lowest BCUT2D eigenvalue weighted by Crippen LogP contribution is -2.17. The van der Waals surface area contributed by atoms with Crippen LogP contribution in [0.2, 0.25) is 0 Å². The van der Waals surface area contributed by atoms with Crippen molar-refractivity contribution < 1.29 is 26.7 Å². The van der Waals surface area contributed by atoms with Gasteiger partial charge >= 0.3 is 0 Å². The molecule has 0 saturated heterocycles. The predicted octanol–water partition coefficient (Wildman–Crippen LogP) is 3.70. The number of hydrogen-bond donors (Lipinski definition) is 1. The third-order valence-electron chi connectivity index (χ3n) is 3.09. The van der Waals surface area contributed by atoms with Gasteiger partial charge in [0.05, 0.1) is 0 Å². The third kappa shape index (κ3) is 3.10. The zero-order valence-corrected chi connectivity index (χ0v) is 12.1. The number of anilines is 2. The Kier molecular flexibility index (Phi) is 4.53. The fourth-order valence-electron chi connectivity index (χ4n) is 1.81. The van der Waals surface area contributed by atoms with E-state index >= 15 is 0 Å². The molecule has 2 aromatic rings. The molecule has 122 valence electrons. The quantitative estimate of drug-likeness (QED) is 0.529. The molecule has 2 aromatic carbocycles. The van der Waals surface area contributed by atoms with E-state index in [1.165, 1.54) is 12.1 Å². The Balaban J connectivity index is 2.34. The SMILES string of the molecule is CN(C)c1ccc(C(=O)Nc2c(F)c(F)c(F)c(F)c2F)cc1. The Bertz CT molecular complexity index is 730. The highest BCUT2D eigenvalue weighted by Crippen LogP contribution is 2.27. The van der Waals surface area contributed by atoms with Gasteiger partial charge in [0.2, 0.25) is 5.82 Å². The molecule has 0 radical (unpaired) electrons. The van der Waals surface area contributed by atoms with E-state index in [0.717, 1.165) is 5.69 Å². The van der Waals surface area contributed by atoms with Crippen LogP contribution in [-0.2, 0) is 0 Å². The van der Waals surface area contributed by atoms with Crippen molar-refractivity contribution in [3.05, 3.63) is 58.9 Å². The fraction of sp³-hybridized carbons (Fsp3) is 0.133. The Morgan fingerprint density at radius 1 is 0.826 bits per heavy atom. The number of nitrogens with one attached hydrogen (secondary N) is 1. The molecule has 1 N–H and O–H groups in total. The zero-order valence-electron chi connectivity index (χ0n) is 12.1. The van der Waals surface area contributed by atoms with Crippen LogP contribution in [0.15, 0.2) is 24.3 Å². The molecular formula is C15H11F5N2O. The minimum atomic E-state index is -2.28. The second-order valence-corrected chi connectivity index (χ2v) is 4.84. The summed E-state index contributed by atoms with van der Waals surface area (Å²) >= 11 is 0. The van der Waals surface area contributed by atoms with Crippen molar-refractivity contribution in [1.29, 1.82) is 0 Å². The predicted molar refractivity (Wildman–Crippen MR) is 75.0 cm³/mol. The van der Waals surface area contributed by atoms with Gasteiger partial charge in [0.15, 0.2) is 23.3 Å². The van der Waals surface area contributed by atoms with Crippen molar-refractivity contribution in [3.63, 3.8) is 0 Å². The Morgan fingerprint density at radius 3 is 1.70 bits per heavy atom. The average Bonchev–Trinajstić information content (AvgIpc) is 2.55. The number of amides is 1. The molecule has 0 saturated carbocycles. The second-order valence-electron chi connectivity index (χ2n) is 4.84. The molecule has 0 fully saturated rings. The van der Waals surface area contributed by atoms with Gasteiger partial charge in [-0.15, -0.1) is 0 Å². The van der Waals surface area contributed by atoms with E-state index < -0.39 is 40.7 Å². The summed E-state index contributed by atoms with van der Waals surface area (Å²) in [5.74, 6) is -11.7. The number of carbonyl (C=O) groups is 1. The highest BCUT2D eigenvalue weighted by molar-refractivity contribution is 6.04. The topological polar surface area (TPSA) is 32.3 Å². The van der Waals surface area contributed by atoms with Gasteiger partial charge < -0.3 is 10.2 Å². The molecule has 0 bridgehead atoms. The largest absolute Gasteiger partial charge is 0.378 e. The first kappa shape index (κ1) is 16.7. The van der Waals surface area contributed by atoms with E-state index in [2.05, 4.69) is 0 Å².